The number of carbonyl (C=O) groups excluding carboxylic acids is 1. The van der Waals surface area contributed by atoms with Gasteiger partial charge in [0, 0.05) is 11.3 Å². The van der Waals surface area contributed by atoms with Crippen molar-refractivity contribution in [3.63, 3.8) is 0 Å². The normalized spacial score (nSPS) is 23.1. The fraction of sp³-hybridized carbons (Fsp3) is 0.750. The third kappa shape index (κ3) is 5.28. The van der Waals surface area contributed by atoms with Gasteiger partial charge >= 0.3 is 18.0 Å². The molecule has 20 heavy (non-hydrogen) atoms. The van der Waals surface area contributed by atoms with E-state index in [0.717, 1.165) is 25.0 Å². The molecule has 0 heterocycles. The first-order valence-electron chi connectivity index (χ1n) is 6.57. The van der Waals surface area contributed by atoms with Crippen LogP contribution in [0.4, 0.5) is 4.79 Å². The van der Waals surface area contributed by atoms with E-state index in [2.05, 4.69) is 10.6 Å². The Hall–Kier alpha value is -1.44. The van der Waals surface area contributed by atoms with E-state index in [1.165, 1.54) is 0 Å². The maximum Gasteiger partial charge on any atom is 0.326 e. The number of urea groups is 1. The molecule has 1 aliphatic rings. The van der Waals surface area contributed by atoms with Gasteiger partial charge in [-0.2, -0.15) is 11.8 Å². The molecule has 8 heteroatoms. The Morgan fingerprint density at radius 3 is 2.55 bits per heavy atom. The third-order valence-electron chi connectivity index (χ3n) is 3.13. The first-order chi connectivity index (χ1) is 9.43. The van der Waals surface area contributed by atoms with E-state index >= 15 is 0 Å². The number of rotatable bonds is 7. The number of nitrogens with one attached hydrogen (secondary N) is 2. The van der Waals surface area contributed by atoms with Gasteiger partial charge in [-0.1, -0.05) is 13.3 Å². The van der Waals surface area contributed by atoms with Gasteiger partial charge in [-0.25, -0.2) is 9.59 Å². The quantitative estimate of drug-likeness (QED) is 0.555. The largest absolute Gasteiger partial charge is 0.481 e. The van der Waals surface area contributed by atoms with Gasteiger partial charge in [0.25, 0.3) is 0 Å². The van der Waals surface area contributed by atoms with Crippen LogP contribution in [0, 0.1) is 0 Å². The van der Waals surface area contributed by atoms with Crippen molar-refractivity contribution in [1.29, 1.82) is 0 Å². The summed E-state index contributed by atoms with van der Waals surface area (Å²) < 4.78 is 0. The summed E-state index contributed by atoms with van der Waals surface area (Å²) >= 11 is 1.77. The number of thioether (sulfide) groups is 1. The van der Waals surface area contributed by atoms with Crippen LogP contribution in [0.3, 0.4) is 0 Å². The van der Waals surface area contributed by atoms with Crippen molar-refractivity contribution >= 4 is 29.7 Å². The highest BCUT2D eigenvalue weighted by atomic mass is 32.2. The predicted molar refractivity (Wildman–Crippen MR) is 74.9 cm³/mol. The molecule has 0 aromatic heterocycles. The molecule has 7 nitrogen and oxygen atoms in total. The Morgan fingerprint density at radius 1 is 1.30 bits per heavy atom. The number of hydrogen-bond donors (Lipinski definition) is 4. The summed E-state index contributed by atoms with van der Waals surface area (Å²) in [6, 6.07) is -2.02. The predicted octanol–water partition coefficient (Wildman–Crippen LogP) is 0.888. The molecule has 0 aliphatic heterocycles. The molecular weight excluding hydrogens is 284 g/mol. The number of carboxylic acids is 2. The van der Waals surface area contributed by atoms with Crippen LogP contribution in [0.25, 0.3) is 0 Å². The highest BCUT2D eigenvalue weighted by molar-refractivity contribution is 7.99. The average Bonchev–Trinajstić information content (AvgIpc) is 2.75. The highest BCUT2D eigenvalue weighted by Crippen LogP contribution is 2.29. The molecule has 2 unspecified atom stereocenters. The number of hydrogen-bond acceptors (Lipinski definition) is 4. The molecule has 1 saturated carbocycles. The lowest BCUT2D eigenvalue weighted by atomic mass is 10.2. The number of aliphatic carboxylic acids is 2. The zero-order valence-corrected chi connectivity index (χ0v) is 12.1. The van der Waals surface area contributed by atoms with Crippen molar-refractivity contribution in [2.24, 2.45) is 0 Å². The fourth-order valence-electron chi connectivity index (χ4n) is 2.25. The Morgan fingerprint density at radius 2 is 2.00 bits per heavy atom. The molecule has 1 rings (SSSR count). The minimum absolute atomic E-state index is 0.0132. The molecule has 2 amide bonds. The Bertz CT molecular complexity index is 377. The maximum absolute atomic E-state index is 11.8. The average molecular weight is 304 g/mol. The fourth-order valence-corrected chi connectivity index (χ4v) is 3.45. The monoisotopic (exact) mass is 304 g/mol. The van der Waals surface area contributed by atoms with Gasteiger partial charge in [0.2, 0.25) is 0 Å². The lowest BCUT2D eigenvalue weighted by Crippen LogP contribution is -2.50. The number of amides is 2. The summed E-state index contributed by atoms with van der Waals surface area (Å²) in [6.45, 7) is 2.05. The molecule has 0 saturated heterocycles. The van der Waals surface area contributed by atoms with Crippen molar-refractivity contribution in [2.75, 3.05) is 5.75 Å². The Balaban J connectivity index is 2.48. The molecular formula is C12H20N2O5S. The van der Waals surface area contributed by atoms with Crippen LogP contribution < -0.4 is 10.6 Å². The van der Waals surface area contributed by atoms with Gasteiger partial charge < -0.3 is 20.8 Å². The molecule has 114 valence electrons. The minimum atomic E-state index is -1.41. The molecule has 4 N–H and O–H groups in total. The molecule has 1 fully saturated rings. The summed E-state index contributed by atoms with van der Waals surface area (Å²) in [5, 5.41) is 22.7. The summed E-state index contributed by atoms with van der Waals surface area (Å²) in [5.41, 5.74) is 0. The highest BCUT2D eigenvalue weighted by Gasteiger charge is 2.30. The van der Waals surface area contributed by atoms with Crippen molar-refractivity contribution < 1.29 is 24.6 Å². The molecule has 3 atom stereocenters. The molecule has 0 aromatic rings. The van der Waals surface area contributed by atoms with Crippen LogP contribution in [-0.2, 0) is 9.59 Å². The summed E-state index contributed by atoms with van der Waals surface area (Å²) in [4.78, 5) is 33.2. The Labute approximate surface area is 121 Å². The van der Waals surface area contributed by atoms with Crippen molar-refractivity contribution in [2.45, 2.75) is 49.9 Å². The van der Waals surface area contributed by atoms with Gasteiger partial charge in [-0.05, 0) is 18.6 Å². The van der Waals surface area contributed by atoms with E-state index in [1.54, 1.807) is 11.8 Å². The summed E-state index contributed by atoms with van der Waals surface area (Å²) in [5.74, 6) is -1.66. The van der Waals surface area contributed by atoms with Crippen LogP contribution in [0.1, 0.15) is 32.6 Å². The van der Waals surface area contributed by atoms with Gasteiger partial charge in [0.05, 0.1) is 6.42 Å². The second-order valence-corrected chi connectivity index (χ2v) is 6.15. The van der Waals surface area contributed by atoms with Crippen LogP contribution in [0.5, 0.6) is 0 Å². The molecule has 0 aromatic carbocycles. The van der Waals surface area contributed by atoms with E-state index in [0.29, 0.717) is 5.25 Å². The summed E-state index contributed by atoms with van der Waals surface area (Å²) in [6.07, 6.45) is 2.28. The van der Waals surface area contributed by atoms with Crippen LogP contribution in [0.2, 0.25) is 0 Å². The first-order valence-corrected chi connectivity index (χ1v) is 7.62. The SMILES string of the molecule is CCSC1CCCC1NC(=O)N[C@@H](CC(=O)O)C(=O)O. The molecule has 0 spiro atoms. The lowest BCUT2D eigenvalue weighted by Gasteiger charge is -2.21. The van der Waals surface area contributed by atoms with Crippen LogP contribution in [0.15, 0.2) is 0 Å². The van der Waals surface area contributed by atoms with Gasteiger partial charge in [0.1, 0.15) is 6.04 Å². The smallest absolute Gasteiger partial charge is 0.326 e. The maximum atomic E-state index is 11.8. The van der Waals surface area contributed by atoms with Gasteiger partial charge in [-0.3, -0.25) is 4.79 Å². The topological polar surface area (TPSA) is 116 Å². The van der Waals surface area contributed by atoms with Crippen molar-refractivity contribution in [3.05, 3.63) is 0 Å². The number of carbonyl (C=O) groups is 3. The van der Waals surface area contributed by atoms with Gasteiger partial charge in [0.15, 0.2) is 0 Å². The van der Waals surface area contributed by atoms with E-state index in [-0.39, 0.29) is 6.04 Å². The second kappa shape index (κ2) is 7.98. The standard InChI is InChI=1S/C12H20N2O5S/c1-2-20-9-5-3-4-7(9)13-12(19)14-8(11(17)18)6-10(15)16/h7-9H,2-6H2,1H3,(H,15,16)(H,17,18)(H2,13,14,19)/t7?,8-,9?/m0/s1. The van der Waals surface area contributed by atoms with E-state index in [9.17, 15) is 14.4 Å². The Kier molecular flexibility index (Phi) is 6.63. The van der Waals surface area contributed by atoms with E-state index < -0.39 is 30.4 Å². The zero-order chi connectivity index (χ0) is 15.1. The van der Waals surface area contributed by atoms with E-state index in [1.807, 2.05) is 6.92 Å². The first kappa shape index (κ1) is 16.6. The summed E-state index contributed by atoms with van der Waals surface area (Å²) in [7, 11) is 0. The van der Waals surface area contributed by atoms with Crippen molar-refractivity contribution in [3.8, 4) is 0 Å². The van der Waals surface area contributed by atoms with Crippen LogP contribution >= 0.6 is 11.8 Å². The minimum Gasteiger partial charge on any atom is -0.481 e. The van der Waals surface area contributed by atoms with E-state index in [4.69, 9.17) is 10.2 Å². The molecule has 0 radical (unpaired) electrons. The second-order valence-electron chi connectivity index (χ2n) is 4.64. The van der Waals surface area contributed by atoms with Gasteiger partial charge in [-0.15, -0.1) is 0 Å². The number of carboxylic acid groups (broad SMARTS) is 2. The molecule has 0 bridgehead atoms. The van der Waals surface area contributed by atoms with Crippen LogP contribution in [-0.4, -0.2) is 51.3 Å². The zero-order valence-electron chi connectivity index (χ0n) is 11.3. The lowest BCUT2D eigenvalue weighted by molar-refractivity contribution is -0.145. The third-order valence-corrected chi connectivity index (χ3v) is 4.46. The molecule has 1 aliphatic carbocycles. The van der Waals surface area contributed by atoms with Crippen molar-refractivity contribution in [1.82, 2.24) is 10.6 Å².